The van der Waals surface area contributed by atoms with Gasteiger partial charge in [0, 0.05) is 12.0 Å². The summed E-state index contributed by atoms with van der Waals surface area (Å²) in [5.41, 5.74) is -0.490. The van der Waals surface area contributed by atoms with Crippen molar-refractivity contribution in [3.05, 3.63) is 12.2 Å². The van der Waals surface area contributed by atoms with Crippen molar-refractivity contribution in [1.29, 1.82) is 0 Å². The van der Waals surface area contributed by atoms with E-state index in [2.05, 4.69) is 19.1 Å². The van der Waals surface area contributed by atoms with Crippen molar-refractivity contribution in [1.82, 2.24) is 4.90 Å². The second-order valence-electron chi connectivity index (χ2n) is 11.0. The minimum atomic E-state index is -0.490. The van der Waals surface area contributed by atoms with Crippen LogP contribution in [-0.4, -0.2) is 41.3 Å². The van der Waals surface area contributed by atoms with E-state index in [0.717, 1.165) is 25.7 Å². The van der Waals surface area contributed by atoms with E-state index in [0.29, 0.717) is 30.3 Å². The molecule has 2 aliphatic heterocycles. The number of fused-ring (bicyclic) bond motifs is 2. The third-order valence-electron chi connectivity index (χ3n) is 7.86. The summed E-state index contributed by atoms with van der Waals surface area (Å²) >= 11 is 0. The molecule has 1 amide bonds. The molecule has 0 aromatic carbocycles. The molecule has 5 unspecified atom stereocenters. The molecule has 2 heterocycles. The predicted molar refractivity (Wildman–Crippen MR) is 116 cm³/mol. The molecule has 2 saturated heterocycles. The highest BCUT2D eigenvalue weighted by atomic mass is 16.6. The number of piperidine rings is 1. The van der Waals surface area contributed by atoms with Gasteiger partial charge in [0.15, 0.2) is 0 Å². The molecular formula is C25H39NO4. The molecule has 30 heavy (non-hydrogen) atoms. The average Bonchev–Trinajstić information content (AvgIpc) is 3.04. The lowest BCUT2D eigenvalue weighted by Gasteiger charge is -2.45. The third kappa shape index (κ3) is 4.40. The maximum atomic E-state index is 12.9. The molecular weight excluding hydrogens is 378 g/mol. The number of carbonyl (C=O) groups is 2. The van der Waals surface area contributed by atoms with Crippen molar-refractivity contribution in [2.75, 3.05) is 6.61 Å². The number of nitrogens with zero attached hydrogens (tertiary/aromatic N) is 1. The first-order valence-corrected chi connectivity index (χ1v) is 12.1. The largest absolute Gasteiger partial charge is 0.465 e. The second kappa shape index (κ2) is 8.55. The van der Waals surface area contributed by atoms with Crippen LogP contribution in [0.1, 0.15) is 79.1 Å². The Bertz CT molecular complexity index is 681. The molecule has 4 aliphatic rings. The van der Waals surface area contributed by atoms with Gasteiger partial charge in [0.25, 0.3) is 0 Å². The Morgan fingerprint density at radius 3 is 2.60 bits per heavy atom. The van der Waals surface area contributed by atoms with Gasteiger partial charge in [-0.15, -0.1) is 0 Å². The zero-order valence-corrected chi connectivity index (χ0v) is 19.1. The van der Waals surface area contributed by atoms with Gasteiger partial charge in [0.1, 0.15) is 5.60 Å². The molecule has 7 atom stereocenters. The molecule has 0 radical (unpaired) electrons. The van der Waals surface area contributed by atoms with Crippen LogP contribution in [-0.2, 0) is 14.3 Å². The van der Waals surface area contributed by atoms with E-state index >= 15 is 0 Å². The van der Waals surface area contributed by atoms with E-state index in [4.69, 9.17) is 9.47 Å². The van der Waals surface area contributed by atoms with Crippen LogP contribution in [0.2, 0.25) is 0 Å². The Morgan fingerprint density at radius 1 is 1.07 bits per heavy atom. The van der Waals surface area contributed by atoms with Crippen molar-refractivity contribution in [3.8, 4) is 0 Å². The number of ether oxygens (including phenoxy) is 2. The maximum Gasteiger partial charge on any atom is 0.411 e. The first kappa shape index (κ1) is 21.7. The van der Waals surface area contributed by atoms with Gasteiger partial charge in [-0.3, -0.25) is 9.69 Å². The minimum absolute atomic E-state index is 0.0177. The van der Waals surface area contributed by atoms with E-state index in [-0.39, 0.29) is 30.1 Å². The molecule has 0 spiro atoms. The number of rotatable bonds is 2. The molecule has 0 N–H and O–H groups in total. The van der Waals surface area contributed by atoms with Gasteiger partial charge in [0.05, 0.1) is 18.6 Å². The van der Waals surface area contributed by atoms with Crippen molar-refractivity contribution < 1.29 is 19.1 Å². The fraction of sp³-hybridized carbons (Fsp3) is 0.840. The monoisotopic (exact) mass is 417 g/mol. The number of allylic oxidation sites excluding steroid dienone is 1. The number of cyclic esters (lactones) is 1. The van der Waals surface area contributed by atoms with Crippen LogP contribution in [0.4, 0.5) is 4.79 Å². The van der Waals surface area contributed by atoms with Gasteiger partial charge in [-0.1, -0.05) is 31.4 Å². The van der Waals surface area contributed by atoms with Crippen LogP contribution < -0.4 is 0 Å². The highest BCUT2D eigenvalue weighted by Crippen LogP contribution is 2.51. The standard InChI is InChI=1S/C25H39NO4/c1-16-8-7-10-18(26(16)24(28)30-25(2,3)4)12-13-20-19-11-6-5-9-17(19)14-21-22(20)15-29-23(21)27/h12-13,16-22H,5-11,14-15H2,1-4H3/b13-12+/t16-,17?,18+,19?,20?,21?,22?/m0/s1. The number of likely N-dealkylation sites (tertiary alicyclic amines) is 1. The van der Waals surface area contributed by atoms with Crippen LogP contribution in [0.5, 0.6) is 0 Å². The highest BCUT2D eigenvalue weighted by Gasteiger charge is 2.50. The summed E-state index contributed by atoms with van der Waals surface area (Å²) in [6.45, 7) is 8.46. The highest BCUT2D eigenvalue weighted by molar-refractivity contribution is 5.75. The lowest BCUT2D eigenvalue weighted by molar-refractivity contribution is -0.142. The molecule has 2 aliphatic carbocycles. The van der Waals surface area contributed by atoms with Crippen LogP contribution in [0, 0.1) is 29.6 Å². The van der Waals surface area contributed by atoms with Crippen molar-refractivity contribution >= 4 is 12.1 Å². The van der Waals surface area contributed by atoms with Gasteiger partial charge < -0.3 is 9.47 Å². The van der Waals surface area contributed by atoms with Crippen LogP contribution in [0.25, 0.3) is 0 Å². The van der Waals surface area contributed by atoms with Gasteiger partial charge in [-0.2, -0.15) is 0 Å². The second-order valence-corrected chi connectivity index (χ2v) is 11.0. The smallest absolute Gasteiger partial charge is 0.411 e. The average molecular weight is 418 g/mol. The predicted octanol–water partition coefficient (Wildman–Crippen LogP) is 5.34. The topological polar surface area (TPSA) is 55.8 Å². The molecule has 5 nitrogen and oxygen atoms in total. The van der Waals surface area contributed by atoms with Crippen LogP contribution >= 0.6 is 0 Å². The van der Waals surface area contributed by atoms with Crippen LogP contribution in [0.3, 0.4) is 0 Å². The summed E-state index contributed by atoms with van der Waals surface area (Å²) in [5, 5.41) is 0. The molecule has 2 saturated carbocycles. The quantitative estimate of drug-likeness (QED) is 0.450. The third-order valence-corrected chi connectivity index (χ3v) is 7.86. The molecule has 0 aromatic heterocycles. The van der Waals surface area contributed by atoms with E-state index in [1.165, 1.54) is 25.7 Å². The van der Waals surface area contributed by atoms with Gasteiger partial charge in [0.2, 0.25) is 0 Å². The Balaban J connectivity index is 1.54. The summed E-state index contributed by atoms with van der Waals surface area (Å²) in [4.78, 5) is 27.2. The first-order valence-electron chi connectivity index (χ1n) is 12.1. The SMILES string of the molecule is C[C@H]1CCC[C@H](/C=C/C2C3CCCCC3CC3C(=O)OCC32)N1C(=O)OC(C)(C)C. The summed E-state index contributed by atoms with van der Waals surface area (Å²) in [7, 11) is 0. The number of hydrogen-bond acceptors (Lipinski definition) is 4. The number of esters is 1. The number of carbonyl (C=O) groups excluding carboxylic acids is 2. The fourth-order valence-electron chi connectivity index (χ4n) is 6.49. The van der Waals surface area contributed by atoms with Gasteiger partial charge in [-0.25, -0.2) is 4.79 Å². The zero-order valence-electron chi connectivity index (χ0n) is 19.1. The van der Waals surface area contributed by atoms with E-state index in [1.54, 1.807) is 0 Å². The van der Waals surface area contributed by atoms with E-state index in [1.807, 2.05) is 25.7 Å². The maximum absolute atomic E-state index is 12.9. The number of amides is 1. The number of hydrogen-bond donors (Lipinski definition) is 0. The molecule has 0 aromatic rings. The molecule has 4 fully saturated rings. The van der Waals surface area contributed by atoms with E-state index in [9.17, 15) is 9.59 Å². The lowest BCUT2D eigenvalue weighted by Crippen LogP contribution is -2.50. The van der Waals surface area contributed by atoms with Gasteiger partial charge in [-0.05, 0) is 77.6 Å². The zero-order chi connectivity index (χ0) is 21.5. The Labute approximate surface area is 181 Å². The van der Waals surface area contributed by atoms with Crippen molar-refractivity contribution in [2.45, 2.75) is 96.7 Å². The minimum Gasteiger partial charge on any atom is -0.465 e. The van der Waals surface area contributed by atoms with E-state index < -0.39 is 5.60 Å². The lowest BCUT2D eigenvalue weighted by atomic mass is 9.58. The Morgan fingerprint density at radius 2 is 1.83 bits per heavy atom. The Kier molecular flexibility index (Phi) is 6.18. The summed E-state index contributed by atoms with van der Waals surface area (Å²) in [6, 6.07) is 0.255. The molecule has 5 heteroatoms. The summed E-state index contributed by atoms with van der Waals surface area (Å²) in [5.74, 6) is 2.09. The van der Waals surface area contributed by atoms with Crippen LogP contribution in [0.15, 0.2) is 12.2 Å². The summed E-state index contributed by atoms with van der Waals surface area (Å²) in [6.07, 6.45) is 13.6. The van der Waals surface area contributed by atoms with Gasteiger partial charge >= 0.3 is 12.1 Å². The summed E-state index contributed by atoms with van der Waals surface area (Å²) < 4.78 is 11.2. The molecule has 0 bridgehead atoms. The Hall–Kier alpha value is -1.52. The molecule has 4 rings (SSSR count). The first-order chi connectivity index (χ1) is 14.2. The van der Waals surface area contributed by atoms with Crippen molar-refractivity contribution in [2.24, 2.45) is 29.6 Å². The normalized spacial score (nSPS) is 39.4. The molecule has 168 valence electrons. The fourth-order valence-corrected chi connectivity index (χ4v) is 6.49. The van der Waals surface area contributed by atoms with Crippen molar-refractivity contribution in [3.63, 3.8) is 0 Å².